The maximum atomic E-state index is 12.5. The van der Waals surface area contributed by atoms with Gasteiger partial charge in [0.2, 0.25) is 5.91 Å². The van der Waals surface area contributed by atoms with E-state index < -0.39 is 5.91 Å². The second-order valence-electron chi connectivity index (χ2n) is 6.18. The van der Waals surface area contributed by atoms with Crippen molar-refractivity contribution in [1.29, 1.82) is 0 Å². The number of para-hydroxylation sites is 1. The lowest BCUT2D eigenvalue weighted by atomic mass is 10.1. The van der Waals surface area contributed by atoms with Crippen LogP contribution in [0.3, 0.4) is 0 Å². The molecule has 2 aromatic rings. The molecule has 0 unspecified atom stereocenters. The van der Waals surface area contributed by atoms with Crippen LogP contribution >= 0.6 is 12.2 Å². The van der Waals surface area contributed by atoms with Gasteiger partial charge in [0, 0.05) is 19.2 Å². The van der Waals surface area contributed by atoms with Crippen LogP contribution in [0.2, 0.25) is 0 Å². The van der Waals surface area contributed by atoms with Gasteiger partial charge in [-0.25, -0.2) is 0 Å². The van der Waals surface area contributed by atoms with E-state index in [-0.39, 0.29) is 17.1 Å². The van der Waals surface area contributed by atoms with Gasteiger partial charge in [0.05, 0.1) is 23.6 Å². The van der Waals surface area contributed by atoms with E-state index in [0.717, 1.165) is 19.4 Å². The Kier molecular flexibility index (Phi) is 6.94. The van der Waals surface area contributed by atoms with E-state index in [0.29, 0.717) is 23.6 Å². The molecule has 1 aliphatic rings. The van der Waals surface area contributed by atoms with Crippen molar-refractivity contribution in [3.63, 3.8) is 0 Å². The number of hydrogen-bond acceptors (Lipinski definition) is 5. The number of amides is 2. The third-order valence-corrected chi connectivity index (χ3v) is 4.32. The first-order valence-electron chi connectivity index (χ1n) is 8.94. The number of carbonyl (C=O) groups excluding carboxylic acids is 2. The number of hydrogen-bond donors (Lipinski definition) is 3. The van der Waals surface area contributed by atoms with Crippen molar-refractivity contribution in [3.05, 3.63) is 60.1 Å². The van der Waals surface area contributed by atoms with Gasteiger partial charge in [-0.3, -0.25) is 14.9 Å². The number of thiocarbonyl (C=S) groups is 1. The lowest BCUT2D eigenvalue weighted by Gasteiger charge is -2.14. The van der Waals surface area contributed by atoms with Crippen molar-refractivity contribution in [2.24, 2.45) is 0 Å². The van der Waals surface area contributed by atoms with Crippen LogP contribution in [0.15, 0.2) is 53.2 Å². The fraction of sp³-hybridized carbons (Fsp3) is 0.250. The predicted octanol–water partition coefficient (Wildman–Crippen LogP) is 2.71. The fourth-order valence-electron chi connectivity index (χ4n) is 2.75. The molecular weight excluding hydrogens is 378 g/mol. The van der Waals surface area contributed by atoms with Crippen molar-refractivity contribution in [1.82, 2.24) is 10.6 Å². The lowest BCUT2D eigenvalue weighted by Crippen LogP contribution is -2.35. The van der Waals surface area contributed by atoms with Crippen LogP contribution in [0.5, 0.6) is 0 Å². The Bertz CT molecular complexity index is 858. The Balaban J connectivity index is 1.55. The Labute approximate surface area is 168 Å². The average molecular weight is 399 g/mol. The summed E-state index contributed by atoms with van der Waals surface area (Å²) in [4.78, 5) is 24.4. The van der Waals surface area contributed by atoms with Gasteiger partial charge in [0.15, 0.2) is 5.11 Å². The molecule has 2 amide bonds. The van der Waals surface area contributed by atoms with Crippen molar-refractivity contribution >= 4 is 40.9 Å². The summed E-state index contributed by atoms with van der Waals surface area (Å²) in [7, 11) is 0. The molecule has 1 aromatic heterocycles. The highest BCUT2D eigenvalue weighted by Gasteiger charge is 2.18. The molecule has 1 aliphatic heterocycles. The standard InChI is InChI=1S/C20H21N3O4S/c24-18(10-9-14-5-3-11-26-14)23-20(28)22-17-8-2-1-7-16(17)19(25)21-13-15-6-4-12-27-15/h1-3,5,7-11,15H,4,6,12-13H2,(H,21,25)(H2,22,23,24,28)/b10-9+/t15-/m0/s1. The second kappa shape index (κ2) is 9.82. The molecule has 28 heavy (non-hydrogen) atoms. The van der Waals surface area contributed by atoms with Crippen LogP contribution in [-0.4, -0.2) is 36.2 Å². The first-order chi connectivity index (χ1) is 13.6. The molecule has 8 heteroatoms. The van der Waals surface area contributed by atoms with Gasteiger partial charge >= 0.3 is 0 Å². The van der Waals surface area contributed by atoms with Crippen LogP contribution < -0.4 is 16.0 Å². The summed E-state index contributed by atoms with van der Waals surface area (Å²) in [5, 5.41) is 8.39. The summed E-state index contributed by atoms with van der Waals surface area (Å²) >= 11 is 5.17. The Morgan fingerprint density at radius 2 is 2.07 bits per heavy atom. The Hall–Kier alpha value is -2.97. The van der Waals surface area contributed by atoms with Gasteiger partial charge in [-0.1, -0.05) is 12.1 Å². The minimum Gasteiger partial charge on any atom is -0.465 e. The molecule has 0 bridgehead atoms. The molecule has 1 fully saturated rings. The van der Waals surface area contributed by atoms with E-state index in [1.165, 1.54) is 18.4 Å². The van der Waals surface area contributed by atoms with Crippen LogP contribution in [0.1, 0.15) is 29.0 Å². The van der Waals surface area contributed by atoms with E-state index in [1.54, 1.807) is 36.4 Å². The molecular formula is C20H21N3O4S. The molecule has 3 rings (SSSR count). The number of benzene rings is 1. The van der Waals surface area contributed by atoms with Crippen molar-refractivity contribution in [3.8, 4) is 0 Å². The predicted molar refractivity (Wildman–Crippen MR) is 110 cm³/mol. The van der Waals surface area contributed by atoms with E-state index >= 15 is 0 Å². The zero-order chi connectivity index (χ0) is 19.8. The van der Waals surface area contributed by atoms with E-state index in [2.05, 4.69) is 16.0 Å². The molecule has 1 aromatic carbocycles. The molecule has 0 saturated carbocycles. The van der Waals surface area contributed by atoms with Crippen LogP contribution in [0.4, 0.5) is 5.69 Å². The van der Waals surface area contributed by atoms with Gasteiger partial charge in [-0.2, -0.15) is 0 Å². The van der Waals surface area contributed by atoms with E-state index in [4.69, 9.17) is 21.4 Å². The van der Waals surface area contributed by atoms with Gasteiger partial charge in [0.1, 0.15) is 5.76 Å². The molecule has 0 radical (unpaired) electrons. The molecule has 2 heterocycles. The lowest BCUT2D eigenvalue weighted by molar-refractivity contribution is -0.115. The third-order valence-electron chi connectivity index (χ3n) is 4.11. The molecule has 146 valence electrons. The summed E-state index contributed by atoms with van der Waals surface area (Å²) in [5.41, 5.74) is 0.941. The number of ether oxygens (including phenoxy) is 1. The van der Waals surface area contributed by atoms with Gasteiger partial charge in [0.25, 0.3) is 5.91 Å². The number of nitrogens with one attached hydrogen (secondary N) is 3. The highest BCUT2D eigenvalue weighted by molar-refractivity contribution is 7.80. The monoisotopic (exact) mass is 399 g/mol. The summed E-state index contributed by atoms with van der Waals surface area (Å²) in [6, 6.07) is 10.4. The fourth-order valence-corrected chi connectivity index (χ4v) is 2.96. The maximum Gasteiger partial charge on any atom is 0.253 e. The normalized spacial score (nSPS) is 16.1. The molecule has 1 atom stereocenters. The molecule has 0 aliphatic carbocycles. The van der Waals surface area contributed by atoms with E-state index in [9.17, 15) is 9.59 Å². The van der Waals surface area contributed by atoms with Crippen molar-refractivity contribution in [2.45, 2.75) is 18.9 Å². The van der Waals surface area contributed by atoms with Crippen LogP contribution in [0, 0.1) is 0 Å². The summed E-state index contributed by atoms with van der Waals surface area (Å²) in [6.07, 6.45) is 6.38. The van der Waals surface area contributed by atoms with Crippen molar-refractivity contribution < 1.29 is 18.7 Å². The number of carbonyl (C=O) groups is 2. The Morgan fingerprint density at radius 3 is 2.82 bits per heavy atom. The summed E-state index contributed by atoms with van der Waals surface area (Å²) < 4.78 is 10.6. The minimum absolute atomic E-state index is 0.0605. The Morgan fingerprint density at radius 1 is 1.21 bits per heavy atom. The zero-order valence-electron chi connectivity index (χ0n) is 15.1. The number of anilines is 1. The van der Waals surface area contributed by atoms with Gasteiger partial charge < -0.3 is 19.8 Å². The van der Waals surface area contributed by atoms with Crippen molar-refractivity contribution in [2.75, 3.05) is 18.5 Å². The zero-order valence-corrected chi connectivity index (χ0v) is 16.0. The highest BCUT2D eigenvalue weighted by Crippen LogP contribution is 2.16. The van der Waals surface area contributed by atoms with Gasteiger partial charge in [-0.05, 0) is 55.4 Å². The maximum absolute atomic E-state index is 12.5. The SMILES string of the molecule is O=C(/C=C/c1ccco1)NC(=S)Nc1ccccc1C(=O)NC[C@@H]1CCCO1. The highest BCUT2D eigenvalue weighted by atomic mass is 32.1. The topological polar surface area (TPSA) is 92.6 Å². The minimum atomic E-state index is -0.408. The quantitative estimate of drug-likeness (QED) is 0.511. The van der Waals surface area contributed by atoms with Gasteiger partial charge in [-0.15, -0.1) is 0 Å². The van der Waals surface area contributed by atoms with Crippen LogP contribution in [0.25, 0.3) is 6.08 Å². The number of rotatable bonds is 6. The molecule has 1 saturated heterocycles. The summed E-state index contributed by atoms with van der Waals surface area (Å²) in [5.74, 6) is -0.0815. The largest absolute Gasteiger partial charge is 0.465 e. The third kappa shape index (κ3) is 5.77. The summed E-state index contributed by atoms with van der Waals surface area (Å²) in [6.45, 7) is 1.20. The smallest absolute Gasteiger partial charge is 0.253 e. The second-order valence-corrected chi connectivity index (χ2v) is 6.59. The molecule has 7 nitrogen and oxygen atoms in total. The number of furan rings is 1. The van der Waals surface area contributed by atoms with Crippen LogP contribution in [-0.2, 0) is 9.53 Å². The molecule has 0 spiro atoms. The van der Waals surface area contributed by atoms with E-state index in [1.807, 2.05) is 0 Å². The first-order valence-corrected chi connectivity index (χ1v) is 9.35. The molecule has 3 N–H and O–H groups in total. The first kappa shape index (κ1) is 19.8. The average Bonchev–Trinajstić information content (AvgIpc) is 3.38.